The molecule has 4 heterocycles. The Balaban J connectivity index is 0.967. The molecule has 0 radical (unpaired) electrons. The Labute approximate surface area is 236 Å². The van der Waals surface area contributed by atoms with Crippen molar-refractivity contribution in [1.82, 2.24) is 24.8 Å². The smallest absolute Gasteiger partial charge is 0.214 e. The van der Waals surface area contributed by atoms with Crippen molar-refractivity contribution in [3.8, 4) is 5.88 Å². The number of hydrogen-bond acceptors (Lipinski definition) is 10. The molecule has 0 spiro atoms. The van der Waals surface area contributed by atoms with E-state index in [0.29, 0.717) is 29.3 Å². The molecule has 6 rings (SSSR count). The van der Waals surface area contributed by atoms with Crippen LogP contribution in [-0.4, -0.2) is 104 Å². The summed E-state index contributed by atoms with van der Waals surface area (Å²) in [6, 6.07) is 11.6. The van der Waals surface area contributed by atoms with Crippen LogP contribution in [0.4, 0.5) is 11.5 Å². The number of fused-ring (bicyclic) bond motifs is 1. The number of ether oxygens (including phenoxy) is 1. The molecular formula is C29H39N7O3S. The number of aromatic nitrogens is 3. The first kappa shape index (κ1) is 27.2. The van der Waals surface area contributed by atoms with Gasteiger partial charge in [0.15, 0.2) is 15.7 Å². The fourth-order valence-electron chi connectivity index (χ4n) is 5.57. The molecule has 0 atom stereocenters. The molecule has 10 nitrogen and oxygen atoms in total. The van der Waals surface area contributed by atoms with Gasteiger partial charge in [-0.2, -0.15) is 0 Å². The van der Waals surface area contributed by atoms with Crippen LogP contribution in [-0.2, 0) is 9.84 Å². The first-order valence-corrected chi connectivity index (χ1v) is 15.9. The monoisotopic (exact) mass is 565 g/mol. The van der Waals surface area contributed by atoms with E-state index < -0.39 is 9.84 Å². The van der Waals surface area contributed by atoms with E-state index in [0.717, 1.165) is 87.5 Å². The van der Waals surface area contributed by atoms with Crippen LogP contribution in [0.3, 0.4) is 0 Å². The molecule has 2 aromatic heterocycles. The van der Waals surface area contributed by atoms with E-state index in [1.54, 1.807) is 18.5 Å². The molecule has 0 bridgehead atoms. The molecular weight excluding hydrogens is 526 g/mol. The molecule has 0 unspecified atom stereocenters. The number of piperidine rings is 1. The van der Waals surface area contributed by atoms with Crippen molar-refractivity contribution in [2.75, 3.05) is 70.2 Å². The number of anilines is 2. The Morgan fingerprint density at radius 1 is 1.00 bits per heavy atom. The maximum absolute atomic E-state index is 12.4. The van der Waals surface area contributed by atoms with Crippen molar-refractivity contribution in [3.63, 3.8) is 0 Å². The minimum absolute atomic E-state index is 0.159. The minimum atomic E-state index is -3.12. The quantitative estimate of drug-likeness (QED) is 0.373. The number of nitrogens with one attached hydrogen (secondary N) is 1. The fourth-order valence-corrected chi connectivity index (χ4v) is 7.23. The summed E-state index contributed by atoms with van der Waals surface area (Å²) in [4.78, 5) is 21.0. The van der Waals surface area contributed by atoms with Gasteiger partial charge < -0.3 is 24.8 Å². The number of hydrogen-bond donors (Lipinski definition) is 1. The molecule has 2 aliphatic heterocycles. The maximum Gasteiger partial charge on any atom is 0.214 e. The van der Waals surface area contributed by atoms with Crippen molar-refractivity contribution in [1.29, 1.82) is 0 Å². The first-order chi connectivity index (χ1) is 19.3. The number of benzene rings is 1. The molecule has 3 aliphatic rings. The molecule has 2 saturated heterocycles. The van der Waals surface area contributed by atoms with Crippen LogP contribution in [0.2, 0.25) is 0 Å². The summed E-state index contributed by atoms with van der Waals surface area (Å²) in [5.41, 5.74) is 2.68. The lowest BCUT2D eigenvalue weighted by molar-refractivity contribution is 0.174. The van der Waals surface area contributed by atoms with Gasteiger partial charge in [-0.1, -0.05) is 0 Å². The van der Waals surface area contributed by atoms with E-state index in [1.165, 1.54) is 0 Å². The van der Waals surface area contributed by atoms with Crippen LogP contribution in [0.15, 0.2) is 47.6 Å². The molecule has 1 saturated carbocycles. The van der Waals surface area contributed by atoms with E-state index in [2.05, 4.69) is 30.0 Å². The Morgan fingerprint density at radius 2 is 1.75 bits per heavy atom. The van der Waals surface area contributed by atoms with Crippen LogP contribution in [0.25, 0.3) is 11.0 Å². The summed E-state index contributed by atoms with van der Waals surface area (Å²) >= 11 is 0. The summed E-state index contributed by atoms with van der Waals surface area (Å²) in [6.07, 6.45) is 5.30. The predicted molar refractivity (Wildman–Crippen MR) is 157 cm³/mol. The van der Waals surface area contributed by atoms with Gasteiger partial charge in [0.1, 0.15) is 18.5 Å². The third kappa shape index (κ3) is 6.16. The lowest BCUT2D eigenvalue weighted by Crippen LogP contribution is -2.53. The van der Waals surface area contributed by atoms with Gasteiger partial charge in [-0.3, -0.25) is 0 Å². The molecule has 214 valence electrons. The van der Waals surface area contributed by atoms with Crippen molar-refractivity contribution >= 4 is 32.4 Å². The summed E-state index contributed by atoms with van der Waals surface area (Å²) in [5.74, 6) is 2.00. The number of likely N-dealkylation sites (tertiary alicyclic amines) is 1. The molecule has 0 amide bonds. The standard InChI is InChI=1S/C29H39N7O3S/c1-34(2)15-16-39-27-10-9-26-28(33-27)29(31-20-30-26)32-22-11-13-35(14-12-22)17-21-18-36(19-21)23-3-5-24(6-4-23)40(37,38)25-7-8-25/h3-6,9-10,20-22,25H,7-8,11-19H2,1-2H3,(H,30,31,32). The highest BCUT2D eigenvalue weighted by Crippen LogP contribution is 2.35. The van der Waals surface area contributed by atoms with Crippen LogP contribution in [0.1, 0.15) is 25.7 Å². The summed E-state index contributed by atoms with van der Waals surface area (Å²) in [5, 5.41) is 3.47. The Bertz CT molecular complexity index is 1420. The lowest BCUT2D eigenvalue weighted by Gasteiger charge is -2.44. The van der Waals surface area contributed by atoms with Crippen molar-refractivity contribution < 1.29 is 13.2 Å². The Kier molecular flexibility index (Phi) is 7.78. The summed E-state index contributed by atoms with van der Waals surface area (Å²) in [7, 11) is 0.921. The predicted octanol–water partition coefficient (Wildman–Crippen LogP) is 2.91. The minimum Gasteiger partial charge on any atom is -0.476 e. The zero-order chi connectivity index (χ0) is 27.7. The third-order valence-electron chi connectivity index (χ3n) is 8.14. The highest BCUT2D eigenvalue weighted by molar-refractivity contribution is 7.92. The Morgan fingerprint density at radius 3 is 2.45 bits per heavy atom. The largest absolute Gasteiger partial charge is 0.476 e. The second-order valence-electron chi connectivity index (χ2n) is 11.6. The van der Waals surface area contributed by atoms with Crippen molar-refractivity contribution in [2.45, 2.75) is 41.9 Å². The molecule has 3 aromatic rings. The van der Waals surface area contributed by atoms with Crippen molar-refractivity contribution in [3.05, 3.63) is 42.7 Å². The van der Waals surface area contributed by atoms with Crippen LogP contribution >= 0.6 is 0 Å². The topological polar surface area (TPSA) is 104 Å². The lowest BCUT2D eigenvalue weighted by atomic mass is 9.96. The second-order valence-corrected chi connectivity index (χ2v) is 13.8. The molecule has 40 heavy (non-hydrogen) atoms. The van der Waals surface area contributed by atoms with Gasteiger partial charge in [0, 0.05) is 63.0 Å². The van der Waals surface area contributed by atoms with E-state index in [9.17, 15) is 8.42 Å². The molecule has 1 aliphatic carbocycles. The zero-order valence-electron chi connectivity index (χ0n) is 23.4. The zero-order valence-corrected chi connectivity index (χ0v) is 24.2. The van der Waals surface area contributed by atoms with Crippen LogP contribution in [0, 0.1) is 5.92 Å². The summed E-state index contributed by atoms with van der Waals surface area (Å²) in [6.45, 7) is 6.65. The van der Waals surface area contributed by atoms with Crippen LogP contribution < -0.4 is 15.0 Å². The van der Waals surface area contributed by atoms with Gasteiger partial charge in [0.25, 0.3) is 0 Å². The van der Waals surface area contributed by atoms with Gasteiger partial charge >= 0.3 is 0 Å². The van der Waals surface area contributed by atoms with Gasteiger partial charge in [0.2, 0.25) is 5.88 Å². The van der Waals surface area contributed by atoms with Crippen LogP contribution in [0.5, 0.6) is 5.88 Å². The number of nitrogens with zero attached hydrogens (tertiary/aromatic N) is 6. The van der Waals surface area contributed by atoms with Gasteiger partial charge in [-0.25, -0.2) is 23.4 Å². The number of pyridine rings is 1. The van der Waals surface area contributed by atoms with E-state index in [1.807, 2.05) is 38.4 Å². The normalized spacial score (nSPS) is 19.2. The first-order valence-electron chi connectivity index (χ1n) is 14.3. The fraction of sp³-hybridized carbons (Fsp3) is 0.552. The van der Waals surface area contributed by atoms with Gasteiger partial charge in [-0.05, 0) is 70.1 Å². The average Bonchev–Trinajstić information content (AvgIpc) is 3.78. The van der Waals surface area contributed by atoms with E-state index in [4.69, 9.17) is 9.72 Å². The highest BCUT2D eigenvalue weighted by Gasteiger charge is 2.37. The second kappa shape index (κ2) is 11.5. The molecule has 1 N–H and O–H groups in total. The van der Waals surface area contributed by atoms with E-state index in [-0.39, 0.29) is 5.25 Å². The van der Waals surface area contributed by atoms with E-state index >= 15 is 0 Å². The summed E-state index contributed by atoms with van der Waals surface area (Å²) < 4.78 is 30.7. The Hall–Kier alpha value is -3.02. The average molecular weight is 566 g/mol. The van der Waals surface area contributed by atoms with Crippen molar-refractivity contribution in [2.24, 2.45) is 5.92 Å². The number of rotatable bonds is 11. The SMILES string of the molecule is CN(C)CCOc1ccc2ncnc(NC3CCN(CC4CN(c5ccc(S(=O)(=O)C6CC6)cc5)C4)CC3)c2n1. The number of likely N-dealkylation sites (N-methyl/N-ethyl adjacent to an activating group) is 1. The molecule has 3 fully saturated rings. The third-order valence-corrected chi connectivity index (χ3v) is 10.4. The van der Waals surface area contributed by atoms with Gasteiger partial charge in [-0.15, -0.1) is 0 Å². The maximum atomic E-state index is 12.4. The van der Waals surface area contributed by atoms with Gasteiger partial charge in [0.05, 0.1) is 15.7 Å². The number of sulfone groups is 1. The highest BCUT2D eigenvalue weighted by atomic mass is 32.2. The molecule has 1 aromatic carbocycles. The molecule has 11 heteroatoms.